The minimum Gasteiger partial charge on any atom is -0.479 e. The van der Waals surface area contributed by atoms with Crippen molar-refractivity contribution < 1.29 is 19.1 Å². The van der Waals surface area contributed by atoms with E-state index in [1.54, 1.807) is 4.68 Å². The van der Waals surface area contributed by atoms with Gasteiger partial charge in [-0.3, -0.25) is 9.48 Å². The minimum atomic E-state index is -1.34. The van der Waals surface area contributed by atoms with Crippen molar-refractivity contribution >= 4 is 23.5 Å². The molecular weight excluding hydrogens is 349 g/mol. The minimum absolute atomic E-state index is 0.104. The zero-order chi connectivity index (χ0) is 18.7. The maximum Gasteiger partial charge on any atom is 0.330 e. The second-order valence-corrected chi connectivity index (χ2v) is 6.19. The average Bonchev–Trinajstić information content (AvgIpc) is 2.78. The first-order valence-electron chi connectivity index (χ1n) is 7.67. The Labute approximate surface area is 149 Å². The van der Waals surface area contributed by atoms with Crippen molar-refractivity contribution in [3.05, 3.63) is 51.6 Å². The molecule has 8 heteroatoms. The summed E-state index contributed by atoms with van der Waals surface area (Å²) in [5.41, 5.74) is 2.88. The molecule has 1 aromatic heterocycles. The summed E-state index contributed by atoms with van der Waals surface area (Å²) in [4.78, 5) is 23.6. The quantitative estimate of drug-likeness (QED) is 0.822. The molecule has 1 unspecified atom stereocenters. The van der Waals surface area contributed by atoms with Crippen LogP contribution in [0.25, 0.3) is 0 Å². The first-order valence-corrected chi connectivity index (χ1v) is 8.04. The van der Waals surface area contributed by atoms with E-state index in [0.717, 1.165) is 23.0 Å². The van der Waals surface area contributed by atoms with Gasteiger partial charge in [-0.05, 0) is 43.5 Å². The zero-order valence-corrected chi connectivity index (χ0v) is 14.9. The number of carbonyl (C=O) groups is 2. The average molecular weight is 368 g/mol. The molecule has 0 spiro atoms. The molecule has 0 aliphatic heterocycles. The van der Waals surface area contributed by atoms with Crippen molar-refractivity contribution in [2.75, 3.05) is 0 Å². The highest BCUT2D eigenvalue weighted by Crippen LogP contribution is 2.21. The molecule has 0 aliphatic rings. The maximum atomic E-state index is 13.6. The molecule has 0 saturated heterocycles. The van der Waals surface area contributed by atoms with E-state index < -0.39 is 23.7 Å². The van der Waals surface area contributed by atoms with Gasteiger partial charge in [-0.15, -0.1) is 0 Å². The van der Waals surface area contributed by atoms with Crippen LogP contribution in [0.15, 0.2) is 18.2 Å². The predicted molar refractivity (Wildman–Crippen MR) is 90.9 cm³/mol. The van der Waals surface area contributed by atoms with E-state index in [4.69, 9.17) is 11.6 Å². The zero-order valence-electron chi connectivity index (χ0n) is 14.1. The van der Waals surface area contributed by atoms with Gasteiger partial charge in [0.05, 0.1) is 10.7 Å². The SMILES string of the molecule is Cc1nn(C)c(C)c1CCC(=O)NC(C(=O)O)c1ccc(Cl)c(F)c1. The summed E-state index contributed by atoms with van der Waals surface area (Å²) in [5.74, 6) is -2.45. The molecule has 25 heavy (non-hydrogen) atoms. The van der Waals surface area contributed by atoms with Crippen LogP contribution in [0.2, 0.25) is 5.02 Å². The second-order valence-electron chi connectivity index (χ2n) is 5.79. The third kappa shape index (κ3) is 4.36. The summed E-state index contributed by atoms with van der Waals surface area (Å²) in [7, 11) is 1.82. The molecule has 2 rings (SSSR count). The fraction of sp³-hybridized carbons (Fsp3) is 0.353. The van der Waals surface area contributed by atoms with Crippen molar-refractivity contribution in [2.24, 2.45) is 7.05 Å². The van der Waals surface area contributed by atoms with Gasteiger partial charge in [0.15, 0.2) is 6.04 Å². The van der Waals surface area contributed by atoms with Crippen LogP contribution in [-0.2, 0) is 23.1 Å². The lowest BCUT2D eigenvalue weighted by atomic mass is 10.0. The summed E-state index contributed by atoms with van der Waals surface area (Å²) in [5, 5.41) is 15.9. The van der Waals surface area contributed by atoms with E-state index in [1.165, 1.54) is 12.1 Å². The molecule has 6 nitrogen and oxygen atoms in total. The molecule has 1 aromatic carbocycles. The summed E-state index contributed by atoms with van der Waals surface area (Å²) in [6, 6.07) is 2.31. The number of aromatic nitrogens is 2. The third-order valence-corrected chi connectivity index (χ3v) is 4.40. The Morgan fingerprint density at radius 3 is 2.60 bits per heavy atom. The Morgan fingerprint density at radius 1 is 1.40 bits per heavy atom. The van der Waals surface area contributed by atoms with Crippen molar-refractivity contribution in [3.8, 4) is 0 Å². The molecule has 1 heterocycles. The standard InChI is InChI=1S/C17H19ClFN3O3/c1-9-12(10(2)22(3)21-9)5-7-15(23)20-16(17(24)25)11-4-6-13(18)14(19)8-11/h4,6,8,16H,5,7H2,1-3H3,(H,20,23)(H,24,25). The Kier molecular flexibility index (Phi) is 5.79. The molecule has 0 fully saturated rings. The first-order chi connectivity index (χ1) is 11.7. The number of carbonyl (C=O) groups excluding carboxylic acids is 1. The van der Waals surface area contributed by atoms with Gasteiger partial charge in [-0.25, -0.2) is 9.18 Å². The van der Waals surface area contributed by atoms with Gasteiger partial charge in [-0.1, -0.05) is 17.7 Å². The number of carboxylic acids is 1. The van der Waals surface area contributed by atoms with Crippen LogP contribution >= 0.6 is 11.6 Å². The van der Waals surface area contributed by atoms with Crippen LogP contribution in [-0.4, -0.2) is 26.8 Å². The van der Waals surface area contributed by atoms with Crippen LogP contribution < -0.4 is 5.32 Å². The molecule has 0 radical (unpaired) electrons. The highest BCUT2D eigenvalue weighted by atomic mass is 35.5. The van der Waals surface area contributed by atoms with Crippen molar-refractivity contribution in [1.29, 1.82) is 0 Å². The van der Waals surface area contributed by atoms with E-state index >= 15 is 0 Å². The van der Waals surface area contributed by atoms with Crippen LogP contribution in [0.4, 0.5) is 4.39 Å². The number of hydrogen-bond donors (Lipinski definition) is 2. The van der Waals surface area contributed by atoms with Gasteiger partial charge in [-0.2, -0.15) is 5.10 Å². The fourth-order valence-electron chi connectivity index (χ4n) is 2.63. The number of rotatable bonds is 6. The van der Waals surface area contributed by atoms with Crippen molar-refractivity contribution in [3.63, 3.8) is 0 Å². The maximum absolute atomic E-state index is 13.6. The molecule has 134 valence electrons. The number of amides is 1. The molecular formula is C17H19ClFN3O3. The van der Waals surface area contributed by atoms with E-state index in [-0.39, 0.29) is 17.0 Å². The normalized spacial score (nSPS) is 12.0. The lowest BCUT2D eigenvalue weighted by Crippen LogP contribution is -2.34. The molecule has 1 amide bonds. The van der Waals surface area contributed by atoms with Gasteiger partial charge in [0, 0.05) is 19.2 Å². The molecule has 2 N–H and O–H groups in total. The van der Waals surface area contributed by atoms with E-state index in [1.807, 2.05) is 20.9 Å². The van der Waals surface area contributed by atoms with Gasteiger partial charge in [0.25, 0.3) is 0 Å². The summed E-state index contributed by atoms with van der Waals surface area (Å²) < 4.78 is 15.3. The number of aliphatic carboxylic acids is 1. The van der Waals surface area contributed by atoms with Crippen molar-refractivity contribution in [2.45, 2.75) is 32.7 Å². The number of carboxylic acid groups (broad SMARTS) is 1. The lowest BCUT2D eigenvalue weighted by Gasteiger charge is -2.15. The Hall–Kier alpha value is -2.41. The van der Waals surface area contributed by atoms with Gasteiger partial charge in [0.1, 0.15) is 5.82 Å². The van der Waals surface area contributed by atoms with Crippen molar-refractivity contribution in [1.82, 2.24) is 15.1 Å². The largest absolute Gasteiger partial charge is 0.479 e. The smallest absolute Gasteiger partial charge is 0.330 e. The number of aryl methyl sites for hydroxylation is 2. The Morgan fingerprint density at radius 2 is 2.08 bits per heavy atom. The lowest BCUT2D eigenvalue weighted by molar-refractivity contribution is -0.142. The molecule has 0 saturated carbocycles. The molecule has 1 atom stereocenters. The number of nitrogens with zero attached hydrogens (tertiary/aromatic N) is 2. The highest BCUT2D eigenvalue weighted by molar-refractivity contribution is 6.30. The highest BCUT2D eigenvalue weighted by Gasteiger charge is 2.23. The summed E-state index contributed by atoms with van der Waals surface area (Å²) in [6.07, 6.45) is 0.548. The predicted octanol–water partition coefficient (Wildman–Crippen LogP) is 2.70. The molecule has 0 aliphatic carbocycles. The monoisotopic (exact) mass is 367 g/mol. The van der Waals surface area contributed by atoms with Crippen LogP contribution in [0, 0.1) is 19.7 Å². The van der Waals surface area contributed by atoms with Crippen LogP contribution in [0.3, 0.4) is 0 Å². The van der Waals surface area contributed by atoms with Crippen LogP contribution in [0.5, 0.6) is 0 Å². The van der Waals surface area contributed by atoms with Gasteiger partial charge < -0.3 is 10.4 Å². The Bertz CT molecular complexity index is 820. The number of halogens is 2. The van der Waals surface area contributed by atoms with E-state index in [0.29, 0.717) is 6.42 Å². The topological polar surface area (TPSA) is 84.2 Å². The fourth-order valence-corrected chi connectivity index (χ4v) is 2.75. The molecule has 2 aromatic rings. The Balaban J connectivity index is 2.07. The summed E-state index contributed by atoms with van der Waals surface area (Å²) in [6.45, 7) is 3.76. The van der Waals surface area contributed by atoms with Gasteiger partial charge >= 0.3 is 5.97 Å². The number of hydrogen-bond acceptors (Lipinski definition) is 3. The first kappa shape index (κ1) is 18.9. The van der Waals surface area contributed by atoms with E-state index in [2.05, 4.69) is 10.4 Å². The third-order valence-electron chi connectivity index (χ3n) is 4.09. The van der Waals surface area contributed by atoms with Crippen LogP contribution in [0.1, 0.15) is 35.0 Å². The number of nitrogens with one attached hydrogen (secondary N) is 1. The number of benzene rings is 1. The second kappa shape index (κ2) is 7.65. The molecule has 0 bridgehead atoms. The van der Waals surface area contributed by atoms with Gasteiger partial charge in [0.2, 0.25) is 5.91 Å². The van der Waals surface area contributed by atoms with E-state index in [9.17, 15) is 19.1 Å². The summed E-state index contributed by atoms with van der Waals surface area (Å²) >= 11 is 5.60.